The van der Waals surface area contributed by atoms with E-state index in [2.05, 4.69) is 30.0 Å². The normalized spacial score (nSPS) is 20.1. The summed E-state index contributed by atoms with van der Waals surface area (Å²) in [6.45, 7) is 2.88. The average Bonchev–Trinajstić information content (AvgIpc) is 2.86. The predicted molar refractivity (Wildman–Crippen MR) is 67.1 cm³/mol. The number of piperidine rings is 1. The van der Waals surface area contributed by atoms with Crippen molar-refractivity contribution in [2.75, 3.05) is 11.4 Å². The van der Waals surface area contributed by atoms with E-state index in [4.69, 9.17) is 0 Å². The summed E-state index contributed by atoms with van der Waals surface area (Å²) in [5.41, 5.74) is 0. The number of H-pyrrole nitrogens is 1. The maximum absolute atomic E-state index is 4.45. The highest BCUT2D eigenvalue weighted by atomic mass is 15.3. The van der Waals surface area contributed by atoms with Gasteiger partial charge in [0.15, 0.2) is 5.82 Å². The number of anilines is 1. The van der Waals surface area contributed by atoms with E-state index in [1.54, 1.807) is 12.4 Å². The van der Waals surface area contributed by atoms with Gasteiger partial charge in [-0.25, -0.2) is 15.0 Å². The second-order valence-corrected chi connectivity index (χ2v) is 4.53. The standard InChI is InChI=1S/C12H16N6/c1-9-15-11(17-16-9)10-5-2-3-8-18(10)12-13-6-4-7-14-12/h4,6-7,10H,2-3,5,8H2,1H3,(H,15,16,17)/t10-/m0/s1. The Hall–Kier alpha value is -1.98. The molecule has 2 aromatic heterocycles. The van der Waals surface area contributed by atoms with Crippen molar-refractivity contribution in [1.29, 1.82) is 0 Å². The lowest BCUT2D eigenvalue weighted by atomic mass is 10.0. The van der Waals surface area contributed by atoms with Crippen molar-refractivity contribution in [3.05, 3.63) is 30.1 Å². The molecule has 0 aliphatic carbocycles. The van der Waals surface area contributed by atoms with Crippen LogP contribution < -0.4 is 4.90 Å². The number of nitrogens with zero attached hydrogens (tertiary/aromatic N) is 5. The Bertz CT molecular complexity index is 508. The molecule has 1 aliphatic heterocycles. The molecule has 0 radical (unpaired) electrons. The predicted octanol–water partition coefficient (Wildman–Crippen LogP) is 1.63. The highest BCUT2D eigenvalue weighted by Gasteiger charge is 2.28. The summed E-state index contributed by atoms with van der Waals surface area (Å²) in [5.74, 6) is 2.47. The van der Waals surface area contributed by atoms with Gasteiger partial charge >= 0.3 is 0 Å². The number of aromatic amines is 1. The Kier molecular flexibility index (Phi) is 2.92. The Balaban J connectivity index is 1.91. The van der Waals surface area contributed by atoms with E-state index in [9.17, 15) is 0 Å². The molecule has 1 atom stereocenters. The van der Waals surface area contributed by atoms with Crippen LogP contribution in [0.5, 0.6) is 0 Å². The third-order valence-corrected chi connectivity index (χ3v) is 3.22. The molecule has 0 bridgehead atoms. The van der Waals surface area contributed by atoms with E-state index in [0.717, 1.165) is 37.0 Å². The Labute approximate surface area is 105 Å². The summed E-state index contributed by atoms with van der Waals surface area (Å²) < 4.78 is 0. The maximum Gasteiger partial charge on any atom is 0.225 e. The molecule has 0 aromatic carbocycles. The lowest BCUT2D eigenvalue weighted by Crippen LogP contribution is -2.35. The minimum atomic E-state index is 0.186. The lowest BCUT2D eigenvalue weighted by molar-refractivity contribution is 0.450. The van der Waals surface area contributed by atoms with Crippen molar-refractivity contribution in [2.24, 2.45) is 0 Å². The first-order valence-electron chi connectivity index (χ1n) is 6.27. The topological polar surface area (TPSA) is 70.6 Å². The van der Waals surface area contributed by atoms with Crippen LogP contribution in [0.1, 0.15) is 37.0 Å². The van der Waals surface area contributed by atoms with Crippen LogP contribution in [0, 0.1) is 6.92 Å². The monoisotopic (exact) mass is 244 g/mol. The first-order valence-corrected chi connectivity index (χ1v) is 6.27. The fourth-order valence-corrected chi connectivity index (χ4v) is 2.39. The van der Waals surface area contributed by atoms with E-state index in [-0.39, 0.29) is 6.04 Å². The van der Waals surface area contributed by atoms with Gasteiger partial charge in [-0.05, 0) is 32.3 Å². The summed E-state index contributed by atoms with van der Waals surface area (Å²) >= 11 is 0. The van der Waals surface area contributed by atoms with Gasteiger partial charge in [0.05, 0.1) is 6.04 Å². The first-order chi connectivity index (χ1) is 8.84. The van der Waals surface area contributed by atoms with E-state index in [1.807, 2.05) is 13.0 Å². The number of rotatable bonds is 2. The van der Waals surface area contributed by atoms with Crippen molar-refractivity contribution >= 4 is 5.95 Å². The average molecular weight is 244 g/mol. The van der Waals surface area contributed by atoms with Crippen LogP contribution in [-0.2, 0) is 0 Å². The second-order valence-electron chi connectivity index (χ2n) is 4.53. The molecule has 2 aromatic rings. The van der Waals surface area contributed by atoms with Crippen molar-refractivity contribution in [3.63, 3.8) is 0 Å². The van der Waals surface area contributed by atoms with E-state index >= 15 is 0 Å². The van der Waals surface area contributed by atoms with Crippen LogP contribution in [-0.4, -0.2) is 31.7 Å². The smallest absolute Gasteiger partial charge is 0.225 e. The largest absolute Gasteiger partial charge is 0.330 e. The Morgan fingerprint density at radius 1 is 1.28 bits per heavy atom. The van der Waals surface area contributed by atoms with E-state index in [1.165, 1.54) is 6.42 Å². The van der Waals surface area contributed by atoms with Gasteiger partial charge in [-0.3, -0.25) is 5.10 Å². The van der Waals surface area contributed by atoms with Crippen LogP contribution >= 0.6 is 0 Å². The molecule has 0 saturated carbocycles. The molecule has 6 heteroatoms. The zero-order chi connectivity index (χ0) is 12.4. The van der Waals surface area contributed by atoms with Gasteiger partial charge < -0.3 is 4.90 Å². The number of aromatic nitrogens is 5. The Morgan fingerprint density at radius 3 is 2.83 bits per heavy atom. The van der Waals surface area contributed by atoms with Crippen LogP contribution in [0.15, 0.2) is 18.5 Å². The van der Waals surface area contributed by atoms with Gasteiger partial charge in [-0.2, -0.15) is 5.10 Å². The third-order valence-electron chi connectivity index (χ3n) is 3.22. The highest BCUT2D eigenvalue weighted by Crippen LogP contribution is 2.31. The van der Waals surface area contributed by atoms with Crippen LogP contribution in [0.3, 0.4) is 0 Å². The number of aryl methyl sites for hydroxylation is 1. The number of hydrogen-bond acceptors (Lipinski definition) is 5. The lowest BCUT2D eigenvalue weighted by Gasteiger charge is -2.33. The molecular weight excluding hydrogens is 228 g/mol. The van der Waals surface area contributed by atoms with Crippen LogP contribution in [0.2, 0.25) is 0 Å². The summed E-state index contributed by atoms with van der Waals surface area (Å²) in [6.07, 6.45) is 6.96. The van der Waals surface area contributed by atoms with Gasteiger partial charge in [0.25, 0.3) is 0 Å². The van der Waals surface area contributed by atoms with Gasteiger partial charge in [-0.1, -0.05) is 0 Å². The third kappa shape index (κ3) is 2.05. The highest BCUT2D eigenvalue weighted by molar-refractivity contribution is 5.33. The molecule has 0 spiro atoms. The van der Waals surface area contributed by atoms with Gasteiger partial charge in [0.2, 0.25) is 5.95 Å². The van der Waals surface area contributed by atoms with E-state index in [0.29, 0.717) is 0 Å². The molecule has 3 heterocycles. The molecule has 94 valence electrons. The van der Waals surface area contributed by atoms with Gasteiger partial charge in [-0.15, -0.1) is 0 Å². The number of nitrogens with one attached hydrogen (secondary N) is 1. The molecule has 3 rings (SSSR count). The minimum Gasteiger partial charge on any atom is -0.330 e. The molecule has 18 heavy (non-hydrogen) atoms. The molecule has 1 N–H and O–H groups in total. The molecular formula is C12H16N6. The number of hydrogen-bond donors (Lipinski definition) is 1. The molecule has 6 nitrogen and oxygen atoms in total. The SMILES string of the molecule is Cc1nc([C@@H]2CCCCN2c2ncccn2)n[nH]1. The van der Waals surface area contributed by atoms with Crippen molar-refractivity contribution in [1.82, 2.24) is 25.1 Å². The molecule has 1 fully saturated rings. The summed E-state index contributed by atoms with van der Waals surface area (Å²) in [4.78, 5) is 15.3. The summed E-state index contributed by atoms with van der Waals surface area (Å²) in [7, 11) is 0. The molecule has 1 aliphatic rings. The van der Waals surface area contributed by atoms with Gasteiger partial charge in [0, 0.05) is 18.9 Å². The Morgan fingerprint density at radius 2 is 2.11 bits per heavy atom. The fraction of sp³-hybridized carbons (Fsp3) is 0.500. The summed E-state index contributed by atoms with van der Waals surface area (Å²) in [6, 6.07) is 2.02. The zero-order valence-corrected chi connectivity index (χ0v) is 10.4. The summed E-state index contributed by atoms with van der Waals surface area (Å²) in [5, 5.41) is 7.19. The van der Waals surface area contributed by atoms with Crippen LogP contribution in [0.4, 0.5) is 5.95 Å². The molecule has 0 amide bonds. The zero-order valence-electron chi connectivity index (χ0n) is 10.4. The fourth-order valence-electron chi connectivity index (χ4n) is 2.39. The van der Waals surface area contributed by atoms with Crippen molar-refractivity contribution in [3.8, 4) is 0 Å². The van der Waals surface area contributed by atoms with Gasteiger partial charge in [0.1, 0.15) is 5.82 Å². The molecule has 1 saturated heterocycles. The first kappa shape index (κ1) is 11.1. The van der Waals surface area contributed by atoms with E-state index < -0.39 is 0 Å². The van der Waals surface area contributed by atoms with Crippen molar-refractivity contribution < 1.29 is 0 Å². The minimum absolute atomic E-state index is 0.186. The quantitative estimate of drug-likeness (QED) is 0.869. The second kappa shape index (κ2) is 4.72. The maximum atomic E-state index is 4.45. The molecule has 0 unspecified atom stereocenters. The van der Waals surface area contributed by atoms with Crippen molar-refractivity contribution in [2.45, 2.75) is 32.2 Å². The van der Waals surface area contributed by atoms with Crippen LogP contribution in [0.25, 0.3) is 0 Å².